The van der Waals surface area contributed by atoms with E-state index in [9.17, 15) is 8.42 Å². The summed E-state index contributed by atoms with van der Waals surface area (Å²) < 4.78 is 28.8. The molecule has 0 saturated heterocycles. The fourth-order valence-electron chi connectivity index (χ4n) is 1.55. The summed E-state index contributed by atoms with van der Waals surface area (Å²) >= 11 is 0. The fourth-order valence-corrected chi connectivity index (χ4v) is 3.27. The van der Waals surface area contributed by atoms with Crippen LogP contribution in [-0.2, 0) is 22.1 Å². The maximum Gasteiger partial charge on any atom is 0.157 e. The molecule has 0 amide bonds. The van der Waals surface area contributed by atoms with Crippen molar-refractivity contribution in [1.29, 1.82) is 0 Å². The van der Waals surface area contributed by atoms with E-state index in [4.69, 9.17) is 4.42 Å². The van der Waals surface area contributed by atoms with Crippen molar-refractivity contribution in [2.75, 3.05) is 12.8 Å². The van der Waals surface area contributed by atoms with E-state index in [-0.39, 0.29) is 17.4 Å². The summed E-state index contributed by atoms with van der Waals surface area (Å²) in [5.41, 5.74) is 0. The van der Waals surface area contributed by atoms with E-state index in [1.807, 2.05) is 20.9 Å². The lowest BCUT2D eigenvalue weighted by Crippen LogP contribution is -2.13. The molecule has 0 spiro atoms. The molecule has 0 atom stereocenters. The van der Waals surface area contributed by atoms with Crippen molar-refractivity contribution in [2.24, 2.45) is 5.92 Å². The Bertz CT molecular complexity index is 420. The minimum atomic E-state index is -3.05. The Morgan fingerprint density at radius 3 is 2.50 bits per heavy atom. The van der Waals surface area contributed by atoms with Crippen molar-refractivity contribution < 1.29 is 12.8 Å². The van der Waals surface area contributed by atoms with Gasteiger partial charge >= 0.3 is 0 Å². The Balaban J connectivity index is 2.65. The fraction of sp³-hybridized carbons (Fsp3) is 0.636. The van der Waals surface area contributed by atoms with E-state index in [1.165, 1.54) is 0 Å². The average Bonchev–Trinajstić information content (AvgIpc) is 2.49. The Labute approximate surface area is 97.0 Å². The minimum Gasteiger partial charge on any atom is -0.464 e. The van der Waals surface area contributed by atoms with Gasteiger partial charge in [0.05, 0.1) is 12.3 Å². The summed E-state index contributed by atoms with van der Waals surface area (Å²) in [5.74, 6) is 1.63. The maximum atomic E-state index is 11.7. The summed E-state index contributed by atoms with van der Waals surface area (Å²) in [4.78, 5) is 0. The van der Waals surface area contributed by atoms with Gasteiger partial charge in [-0.15, -0.1) is 0 Å². The predicted molar refractivity (Wildman–Crippen MR) is 63.8 cm³/mol. The first-order valence-electron chi connectivity index (χ1n) is 5.35. The first-order chi connectivity index (χ1) is 7.43. The highest BCUT2D eigenvalue weighted by molar-refractivity contribution is 7.90. The lowest BCUT2D eigenvalue weighted by molar-refractivity contribution is 0.464. The van der Waals surface area contributed by atoms with Crippen molar-refractivity contribution >= 4 is 9.84 Å². The molecule has 0 bridgehead atoms. The van der Waals surface area contributed by atoms with Crippen molar-refractivity contribution in [2.45, 2.75) is 26.1 Å². The van der Waals surface area contributed by atoms with Crippen LogP contribution in [0.3, 0.4) is 0 Å². The van der Waals surface area contributed by atoms with Gasteiger partial charge < -0.3 is 9.73 Å². The smallest absolute Gasteiger partial charge is 0.157 e. The summed E-state index contributed by atoms with van der Waals surface area (Å²) in [6.07, 6.45) is 0. The average molecular weight is 245 g/mol. The van der Waals surface area contributed by atoms with E-state index >= 15 is 0 Å². The third-order valence-corrected chi connectivity index (χ3v) is 3.92. The molecule has 0 saturated carbocycles. The van der Waals surface area contributed by atoms with Crippen LogP contribution in [0.2, 0.25) is 0 Å². The first-order valence-corrected chi connectivity index (χ1v) is 7.17. The van der Waals surface area contributed by atoms with Crippen molar-refractivity contribution in [3.63, 3.8) is 0 Å². The summed E-state index contributed by atoms with van der Waals surface area (Å²) in [6, 6.07) is 3.53. The predicted octanol–water partition coefficient (Wildman–Crippen LogP) is 1.57. The standard InChI is InChI=1S/C11H19NO3S/c1-9(2)7-16(13,14)8-11-5-4-10(15-11)6-12-3/h4-5,9,12H,6-8H2,1-3H3. The van der Waals surface area contributed by atoms with Crippen LogP contribution >= 0.6 is 0 Å². The Hall–Kier alpha value is -0.810. The molecule has 0 aliphatic rings. The Morgan fingerprint density at radius 2 is 1.94 bits per heavy atom. The molecule has 0 aromatic carbocycles. The molecule has 1 heterocycles. The van der Waals surface area contributed by atoms with Crippen LogP contribution in [0.25, 0.3) is 0 Å². The molecule has 16 heavy (non-hydrogen) atoms. The zero-order valence-electron chi connectivity index (χ0n) is 9.99. The second-order valence-corrected chi connectivity index (χ2v) is 6.46. The van der Waals surface area contributed by atoms with Crippen LogP contribution in [0.15, 0.2) is 16.5 Å². The highest BCUT2D eigenvalue weighted by atomic mass is 32.2. The molecule has 0 aliphatic carbocycles. The van der Waals surface area contributed by atoms with E-state index in [0.29, 0.717) is 12.3 Å². The van der Waals surface area contributed by atoms with Gasteiger partial charge in [-0.05, 0) is 25.1 Å². The molecule has 1 N–H and O–H groups in total. The van der Waals surface area contributed by atoms with Gasteiger partial charge in [-0.3, -0.25) is 0 Å². The zero-order chi connectivity index (χ0) is 12.2. The third-order valence-electron chi connectivity index (χ3n) is 2.02. The van der Waals surface area contributed by atoms with E-state index in [1.54, 1.807) is 12.1 Å². The highest BCUT2D eigenvalue weighted by Crippen LogP contribution is 2.13. The molecular formula is C11H19NO3S. The second kappa shape index (κ2) is 5.50. The molecule has 4 nitrogen and oxygen atoms in total. The summed E-state index contributed by atoms with van der Waals surface area (Å²) in [5, 5.41) is 2.95. The lowest BCUT2D eigenvalue weighted by Gasteiger charge is -2.04. The Kier molecular flexibility index (Phi) is 4.56. The molecule has 92 valence electrons. The molecule has 1 aromatic rings. The molecular weight excluding hydrogens is 226 g/mol. The molecule has 0 fully saturated rings. The number of hydrogen-bond acceptors (Lipinski definition) is 4. The summed E-state index contributed by atoms with van der Waals surface area (Å²) in [7, 11) is -1.23. The van der Waals surface area contributed by atoms with Crippen molar-refractivity contribution in [1.82, 2.24) is 5.32 Å². The molecule has 0 unspecified atom stereocenters. The third kappa shape index (κ3) is 4.37. The van der Waals surface area contributed by atoms with E-state index < -0.39 is 9.84 Å². The topological polar surface area (TPSA) is 59.3 Å². The summed E-state index contributed by atoms with van der Waals surface area (Å²) in [6.45, 7) is 4.41. The monoisotopic (exact) mass is 245 g/mol. The van der Waals surface area contributed by atoms with Crippen molar-refractivity contribution in [3.8, 4) is 0 Å². The van der Waals surface area contributed by atoms with Gasteiger partial charge in [-0.1, -0.05) is 13.8 Å². The van der Waals surface area contributed by atoms with Crippen LogP contribution in [0.4, 0.5) is 0 Å². The van der Waals surface area contributed by atoms with Crippen LogP contribution in [0.5, 0.6) is 0 Å². The molecule has 0 radical (unpaired) electrons. The van der Waals surface area contributed by atoms with Crippen LogP contribution in [-0.4, -0.2) is 21.2 Å². The highest BCUT2D eigenvalue weighted by Gasteiger charge is 2.16. The van der Waals surface area contributed by atoms with Crippen LogP contribution in [0.1, 0.15) is 25.4 Å². The Morgan fingerprint density at radius 1 is 1.31 bits per heavy atom. The number of nitrogens with one attached hydrogen (secondary N) is 1. The molecule has 1 rings (SSSR count). The van der Waals surface area contributed by atoms with E-state index in [0.717, 1.165) is 5.76 Å². The van der Waals surface area contributed by atoms with Crippen molar-refractivity contribution in [3.05, 3.63) is 23.7 Å². The second-order valence-electron chi connectivity index (χ2n) is 4.35. The largest absolute Gasteiger partial charge is 0.464 e. The first kappa shape index (κ1) is 13.3. The number of rotatable bonds is 6. The quantitative estimate of drug-likeness (QED) is 0.826. The van der Waals surface area contributed by atoms with Crippen LogP contribution < -0.4 is 5.32 Å². The lowest BCUT2D eigenvalue weighted by atomic mass is 10.3. The molecule has 1 aromatic heterocycles. The SMILES string of the molecule is CNCc1ccc(CS(=O)(=O)CC(C)C)o1. The molecule has 0 aliphatic heterocycles. The van der Waals surface area contributed by atoms with Gasteiger partial charge in [0.2, 0.25) is 0 Å². The zero-order valence-corrected chi connectivity index (χ0v) is 10.8. The van der Waals surface area contributed by atoms with E-state index in [2.05, 4.69) is 5.32 Å². The van der Waals surface area contributed by atoms with Gasteiger partial charge in [0.25, 0.3) is 0 Å². The number of hydrogen-bond donors (Lipinski definition) is 1. The number of sulfone groups is 1. The number of furan rings is 1. The van der Waals surface area contributed by atoms with Gasteiger partial charge in [0, 0.05) is 0 Å². The molecule has 5 heteroatoms. The van der Waals surface area contributed by atoms with Crippen LogP contribution in [0, 0.1) is 5.92 Å². The van der Waals surface area contributed by atoms with Gasteiger partial charge in [0.1, 0.15) is 17.3 Å². The maximum absolute atomic E-state index is 11.7. The van der Waals surface area contributed by atoms with Gasteiger partial charge in [-0.25, -0.2) is 8.42 Å². The normalized spacial score (nSPS) is 12.2. The van der Waals surface area contributed by atoms with Gasteiger partial charge in [-0.2, -0.15) is 0 Å². The van der Waals surface area contributed by atoms with Gasteiger partial charge in [0.15, 0.2) is 9.84 Å². The minimum absolute atomic E-state index is 0.00507.